The zero-order valence-corrected chi connectivity index (χ0v) is 9.60. The first-order chi connectivity index (χ1) is 7.70. The predicted octanol–water partition coefficient (Wildman–Crippen LogP) is 2.59. The van der Waals surface area contributed by atoms with Gasteiger partial charge in [-0.2, -0.15) is 0 Å². The number of aryl methyl sites for hydroxylation is 2. The van der Waals surface area contributed by atoms with Crippen molar-refractivity contribution in [2.75, 3.05) is 0 Å². The van der Waals surface area contributed by atoms with Gasteiger partial charge < -0.3 is 10.2 Å². The van der Waals surface area contributed by atoms with E-state index in [2.05, 4.69) is 11.9 Å². The molecule has 0 radical (unpaired) electrons. The summed E-state index contributed by atoms with van der Waals surface area (Å²) in [4.78, 5) is 4.14. The Kier molecular flexibility index (Phi) is 3.06. The van der Waals surface area contributed by atoms with Crippen molar-refractivity contribution in [1.82, 2.24) is 4.98 Å². The fraction of sp³-hybridized carbons (Fsp3) is 0.308. The Bertz CT molecular complexity index is 476. The molecule has 0 spiro atoms. The zero-order chi connectivity index (χ0) is 11.5. The lowest BCUT2D eigenvalue weighted by molar-refractivity contribution is 0.453. The van der Waals surface area contributed by atoms with E-state index in [4.69, 9.17) is 10.2 Å². The van der Waals surface area contributed by atoms with Crippen LogP contribution in [0.3, 0.4) is 0 Å². The van der Waals surface area contributed by atoms with Crippen molar-refractivity contribution in [2.24, 2.45) is 5.73 Å². The molecule has 3 heteroatoms. The molecular weight excluding hydrogens is 200 g/mol. The molecule has 2 N–H and O–H groups in total. The molecule has 0 aromatic carbocycles. The number of pyridine rings is 1. The molecule has 2 aromatic rings. The van der Waals surface area contributed by atoms with E-state index in [-0.39, 0.29) is 6.04 Å². The van der Waals surface area contributed by atoms with Crippen LogP contribution in [0.25, 0.3) is 0 Å². The van der Waals surface area contributed by atoms with Crippen LogP contribution >= 0.6 is 0 Å². The largest absolute Gasteiger partial charge is 0.464 e. The van der Waals surface area contributed by atoms with Crippen LogP contribution in [0, 0.1) is 6.92 Å². The third-order valence-corrected chi connectivity index (χ3v) is 2.59. The molecule has 0 bridgehead atoms. The van der Waals surface area contributed by atoms with Gasteiger partial charge in [-0.15, -0.1) is 0 Å². The monoisotopic (exact) mass is 216 g/mol. The van der Waals surface area contributed by atoms with Crippen LogP contribution in [0.4, 0.5) is 0 Å². The number of nitrogens with two attached hydrogens (primary N) is 1. The molecule has 0 amide bonds. The summed E-state index contributed by atoms with van der Waals surface area (Å²) in [5, 5.41) is 0. The Morgan fingerprint density at radius 1 is 1.38 bits per heavy atom. The summed E-state index contributed by atoms with van der Waals surface area (Å²) in [5.74, 6) is 1.76. The van der Waals surface area contributed by atoms with Crippen LogP contribution in [-0.2, 0) is 6.42 Å². The predicted molar refractivity (Wildman–Crippen MR) is 63.1 cm³/mol. The van der Waals surface area contributed by atoms with E-state index >= 15 is 0 Å². The summed E-state index contributed by atoms with van der Waals surface area (Å²) in [6.07, 6.45) is 4.49. The van der Waals surface area contributed by atoms with Gasteiger partial charge in [-0.25, -0.2) is 0 Å². The van der Waals surface area contributed by atoms with Crippen molar-refractivity contribution < 1.29 is 4.42 Å². The number of hydrogen-bond donors (Lipinski definition) is 1. The highest BCUT2D eigenvalue weighted by atomic mass is 16.3. The first kappa shape index (κ1) is 10.9. The molecule has 0 aliphatic heterocycles. The van der Waals surface area contributed by atoms with Gasteiger partial charge in [-0.3, -0.25) is 4.98 Å². The number of rotatable bonds is 3. The van der Waals surface area contributed by atoms with Crippen LogP contribution in [0.1, 0.15) is 35.6 Å². The SMILES string of the molecule is CCc1ccc(C(N)c2cncc(C)c2)o1. The van der Waals surface area contributed by atoms with E-state index < -0.39 is 0 Å². The molecule has 3 nitrogen and oxygen atoms in total. The highest BCUT2D eigenvalue weighted by Gasteiger charge is 2.13. The molecule has 2 aromatic heterocycles. The van der Waals surface area contributed by atoms with E-state index in [1.165, 1.54) is 0 Å². The minimum atomic E-state index is -0.229. The summed E-state index contributed by atoms with van der Waals surface area (Å²) < 4.78 is 5.64. The van der Waals surface area contributed by atoms with Gasteiger partial charge in [-0.05, 0) is 30.2 Å². The molecule has 2 rings (SSSR count). The highest BCUT2D eigenvalue weighted by Crippen LogP contribution is 2.21. The van der Waals surface area contributed by atoms with Crippen molar-refractivity contribution in [3.05, 3.63) is 53.2 Å². The molecule has 0 saturated carbocycles. The maximum atomic E-state index is 6.12. The first-order valence-corrected chi connectivity index (χ1v) is 5.46. The van der Waals surface area contributed by atoms with E-state index in [9.17, 15) is 0 Å². The average Bonchev–Trinajstić information content (AvgIpc) is 2.76. The van der Waals surface area contributed by atoms with E-state index in [1.54, 1.807) is 6.20 Å². The van der Waals surface area contributed by atoms with E-state index in [0.29, 0.717) is 0 Å². The van der Waals surface area contributed by atoms with Gasteiger partial charge in [-0.1, -0.05) is 13.0 Å². The van der Waals surface area contributed by atoms with Gasteiger partial charge in [0.1, 0.15) is 11.5 Å². The third kappa shape index (κ3) is 2.14. The van der Waals surface area contributed by atoms with Crippen molar-refractivity contribution in [1.29, 1.82) is 0 Å². The minimum absolute atomic E-state index is 0.229. The number of hydrogen-bond acceptors (Lipinski definition) is 3. The molecule has 84 valence electrons. The van der Waals surface area contributed by atoms with Crippen LogP contribution in [0.5, 0.6) is 0 Å². The van der Waals surface area contributed by atoms with Crippen molar-refractivity contribution in [3.63, 3.8) is 0 Å². The van der Waals surface area contributed by atoms with Crippen molar-refractivity contribution >= 4 is 0 Å². The molecule has 1 atom stereocenters. The number of furan rings is 1. The zero-order valence-electron chi connectivity index (χ0n) is 9.60. The third-order valence-electron chi connectivity index (χ3n) is 2.59. The fourth-order valence-corrected chi connectivity index (χ4v) is 1.66. The van der Waals surface area contributed by atoms with Crippen LogP contribution in [0.15, 0.2) is 35.0 Å². The average molecular weight is 216 g/mol. The van der Waals surface area contributed by atoms with E-state index in [0.717, 1.165) is 29.1 Å². The second-order valence-corrected chi connectivity index (χ2v) is 3.93. The van der Waals surface area contributed by atoms with Gasteiger partial charge in [0, 0.05) is 18.8 Å². The van der Waals surface area contributed by atoms with Crippen molar-refractivity contribution in [3.8, 4) is 0 Å². The summed E-state index contributed by atoms with van der Waals surface area (Å²) in [6, 6.07) is 5.71. The minimum Gasteiger partial charge on any atom is -0.464 e. The lowest BCUT2D eigenvalue weighted by Gasteiger charge is -2.09. The maximum Gasteiger partial charge on any atom is 0.125 e. The van der Waals surface area contributed by atoms with Crippen molar-refractivity contribution in [2.45, 2.75) is 26.3 Å². The lowest BCUT2D eigenvalue weighted by Crippen LogP contribution is -2.11. The summed E-state index contributed by atoms with van der Waals surface area (Å²) in [7, 11) is 0. The van der Waals surface area contributed by atoms with Crippen LogP contribution in [-0.4, -0.2) is 4.98 Å². The Hall–Kier alpha value is -1.61. The second-order valence-electron chi connectivity index (χ2n) is 3.93. The summed E-state index contributed by atoms with van der Waals surface area (Å²) >= 11 is 0. The van der Waals surface area contributed by atoms with Crippen LogP contribution < -0.4 is 5.73 Å². The smallest absolute Gasteiger partial charge is 0.125 e. The molecule has 1 unspecified atom stereocenters. The van der Waals surface area contributed by atoms with Gasteiger partial charge in [0.15, 0.2) is 0 Å². The summed E-state index contributed by atoms with van der Waals surface area (Å²) in [5.41, 5.74) is 8.21. The molecular formula is C13H16N2O. The highest BCUT2D eigenvalue weighted by molar-refractivity contribution is 5.27. The quantitative estimate of drug-likeness (QED) is 0.858. The fourth-order valence-electron chi connectivity index (χ4n) is 1.66. The molecule has 0 saturated heterocycles. The molecule has 0 fully saturated rings. The molecule has 2 heterocycles. The summed E-state index contributed by atoms with van der Waals surface area (Å²) in [6.45, 7) is 4.06. The molecule has 0 aliphatic carbocycles. The van der Waals surface area contributed by atoms with E-state index in [1.807, 2.05) is 31.3 Å². The number of aromatic nitrogens is 1. The normalized spacial score (nSPS) is 12.7. The van der Waals surface area contributed by atoms with Gasteiger partial charge in [0.25, 0.3) is 0 Å². The van der Waals surface area contributed by atoms with Crippen LogP contribution in [0.2, 0.25) is 0 Å². The Morgan fingerprint density at radius 3 is 2.81 bits per heavy atom. The van der Waals surface area contributed by atoms with Gasteiger partial charge >= 0.3 is 0 Å². The topological polar surface area (TPSA) is 52.0 Å². The standard InChI is InChI=1S/C13H16N2O/c1-3-11-4-5-12(16-11)13(14)10-6-9(2)7-15-8-10/h4-8,13H,3,14H2,1-2H3. The second kappa shape index (κ2) is 4.49. The van der Waals surface area contributed by atoms with Gasteiger partial charge in [0.2, 0.25) is 0 Å². The Labute approximate surface area is 95.3 Å². The maximum absolute atomic E-state index is 6.12. The number of nitrogens with zero attached hydrogens (tertiary/aromatic N) is 1. The Morgan fingerprint density at radius 2 is 2.19 bits per heavy atom. The molecule has 0 aliphatic rings. The lowest BCUT2D eigenvalue weighted by atomic mass is 10.1. The first-order valence-electron chi connectivity index (χ1n) is 5.46. The van der Waals surface area contributed by atoms with Gasteiger partial charge in [0.05, 0.1) is 6.04 Å². The molecule has 16 heavy (non-hydrogen) atoms. The Balaban J connectivity index is 2.27.